The number of piperidine rings is 1. The van der Waals surface area contributed by atoms with Gasteiger partial charge in [0, 0.05) is 38.4 Å². The molecule has 156 valence electrons. The summed E-state index contributed by atoms with van der Waals surface area (Å²) in [5, 5.41) is 4.30. The van der Waals surface area contributed by atoms with Crippen LogP contribution in [-0.4, -0.2) is 39.6 Å². The van der Waals surface area contributed by atoms with Gasteiger partial charge < -0.3 is 14.2 Å². The van der Waals surface area contributed by atoms with E-state index in [0.29, 0.717) is 44.3 Å². The van der Waals surface area contributed by atoms with Crippen LogP contribution in [0.1, 0.15) is 52.5 Å². The third-order valence-electron chi connectivity index (χ3n) is 4.69. The zero-order chi connectivity index (χ0) is 21.2. The Morgan fingerprint density at radius 1 is 1.31 bits per heavy atom. The molecule has 2 aromatic heterocycles. The zero-order valence-electron chi connectivity index (χ0n) is 17.2. The highest BCUT2D eigenvalue weighted by Gasteiger charge is 2.24. The molecule has 0 spiro atoms. The van der Waals surface area contributed by atoms with Crippen LogP contribution in [0.2, 0.25) is 0 Å². The molecule has 0 aromatic carbocycles. The number of nitrogens with zero attached hydrogens (tertiary/aromatic N) is 3. The standard InChI is InChI=1S/C20H26N4O5/c1-5-12-10-15(26)28-18-16(12)17(27)21-19(22-18)29-23-13-6-8-24(9-7-13)14(25)11-20(2,3)4/h10H,5-9,11H2,1-4H3,(H,21,22,27). The highest BCUT2D eigenvalue weighted by Crippen LogP contribution is 2.21. The maximum Gasteiger partial charge on any atom is 0.337 e. The molecule has 0 atom stereocenters. The number of aromatic nitrogens is 2. The number of likely N-dealkylation sites (tertiary alicyclic amines) is 1. The Balaban J connectivity index is 1.70. The summed E-state index contributed by atoms with van der Waals surface area (Å²) in [5.74, 6) is 0.139. The van der Waals surface area contributed by atoms with E-state index >= 15 is 0 Å². The molecule has 9 heteroatoms. The maximum atomic E-state index is 12.3. The van der Waals surface area contributed by atoms with E-state index in [9.17, 15) is 14.4 Å². The van der Waals surface area contributed by atoms with Crippen molar-refractivity contribution in [3.05, 3.63) is 32.4 Å². The summed E-state index contributed by atoms with van der Waals surface area (Å²) in [7, 11) is 0. The van der Waals surface area contributed by atoms with E-state index in [0.717, 1.165) is 5.71 Å². The van der Waals surface area contributed by atoms with Gasteiger partial charge in [-0.05, 0) is 17.4 Å². The van der Waals surface area contributed by atoms with E-state index in [1.165, 1.54) is 6.07 Å². The number of carbonyl (C=O) groups is 1. The van der Waals surface area contributed by atoms with Crippen LogP contribution in [0.25, 0.3) is 11.1 Å². The molecule has 1 aliphatic heterocycles. The lowest BCUT2D eigenvalue weighted by Gasteiger charge is -2.30. The van der Waals surface area contributed by atoms with Gasteiger partial charge in [-0.2, -0.15) is 4.98 Å². The van der Waals surface area contributed by atoms with E-state index in [1.54, 1.807) is 0 Å². The van der Waals surface area contributed by atoms with Crippen molar-refractivity contribution >= 4 is 22.7 Å². The minimum atomic E-state index is -0.572. The molecule has 1 N–H and O–H groups in total. The Labute approximate surface area is 167 Å². The van der Waals surface area contributed by atoms with Crippen LogP contribution >= 0.6 is 0 Å². The quantitative estimate of drug-likeness (QED) is 0.784. The highest BCUT2D eigenvalue weighted by molar-refractivity contribution is 5.87. The second-order valence-electron chi connectivity index (χ2n) is 8.36. The Morgan fingerprint density at radius 3 is 2.62 bits per heavy atom. The fraction of sp³-hybridized carbons (Fsp3) is 0.550. The van der Waals surface area contributed by atoms with Crippen molar-refractivity contribution < 1.29 is 14.0 Å². The average Bonchev–Trinajstić information content (AvgIpc) is 2.64. The van der Waals surface area contributed by atoms with Crippen LogP contribution < -0.4 is 16.0 Å². The number of H-pyrrole nitrogens is 1. The fourth-order valence-corrected chi connectivity index (χ4v) is 3.23. The van der Waals surface area contributed by atoms with E-state index in [-0.39, 0.29) is 28.4 Å². The summed E-state index contributed by atoms with van der Waals surface area (Å²) >= 11 is 0. The second kappa shape index (κ2) is 8.18. The Hall–Kier alpha value is -2.97. The fourth-order valence-electron chi connectivity index (χ4n) is 3.23. The van der Waals surface area contributed by atoms with Gasteiger partial charge in [0.05, 0.1) is 5.71 Å². The molecule has 3 heterocycles. The average molecular weight is 402 g/mol. The molecular weight excluding hydrogens is 376 g/mol. The van der Waals surface area contributed by atoms with E-state index < -0.39 is 11.2 Å². The third-order valence-corrected chi connectivity index (χ3v) is 4.69. The first-order chi connectivity index (χ1) is 13.7. The van der Waals surface area contributed by atoms with Gasteiger partial charge in [0.15, 0.2) is 0 Å². The van der Waals surface area contributed by atoms with Crippen molar-refractivity contribution in [2.75, 3.05) is 13.1 Å². The van der Waals surface area contributed by atoms with Crippen molar-refractivity contribution in [1.82, 2.24) is 14.9 Å². The molecule has 29 heavy (non-hydrogen) atoms. The number of nitrogens with one attached hydrogen (secondary N) is 1. The van der Waals surface area contributed by atoms with Crippen molar-refractivity contribution in [2.45, 2.75) is 53.4 Å². The summed E-state index contributed by atoms with van der Waals surface area (Å²) < 4.78 is 5.04. The number of rotatable bonds is 4. The predicted octanol–water partition coefficient (Wildman–Crippen LogP) is 2.23. The first kappa shape index (κ1) is 20.8. The zero-order valence-corrected chi connectivity index (χ0v) is 17.2. The predicted molar refractivity (Wildman–Crippen MR) is 108 cm³/mol. The number of oxime groups is 1. The van der Waals surface area contributed by atoms with Crippen LogP contribution in [0, 0.1) is 5.41 Å². The minimum absolute atomic E-state index is 0.0468. The molecule has 9 nitrogen and oxygen atoms in total. The van der Waals surface area contributed by atoms with E-state index in [2.05, 4.69) is 15.1 Å². The number of hydrogen-bond donors (Lipinski definition) is 1. The molecule has 0 unspecified atom stereocenters. The van der Waals surface area contributed by atoms with Crippen LogP contribution in [-0.2, 0) is 11.2 Å². The molecule has 1 amide bonds. The normalized spacial score (nSPS) is 14.9. The lowest BCUT2D eigenvalue weighted by molar-refractivity contribution is -0.133. The first-order valence-electron chi connectivity index (χ1n) is 9.74. The molecule has 1 aliphatic rings. The highest BCUT2D eigenvalue weighted by atomic mass is 16.6. The Bertz CT molecular complexity index is 1050. The molecule has 2 aromatic rings. The SMILES string of the molecule is CCc1cc(=O)oc2nc(ON=C3CCN(C(=O)CC(C)(C)C)CC3)[nH]c(=O)c12. The number of hydrogen-bond acceptors (Lipinski definition) is 7. The van der Waals surface area contributed by atoms with Gasteiger partial charge in [-0.3, -0.25) is 14.6 Å². The molecule has 0 bridgehead atoms. The van der Waals surface area contributed by atoms with Gasteiger partial charge in [-0.25, -0.2) is 4.79 Å². The third kappa shape index (κ3) is 5.10. The second-order valence-corrected chi connectivity index (χ2v) is 8.36. The van der Waals surface area contributed by atoms with Gasteiger partial charge in [-0.1, -0.05) is 32.9 Å². The van der Waals surface area contributed by atoms with Crippen molar-refractivity contribution in [2.24, 2.45) is 10.6 Å². The summed E-state index contributed by atoms with van der Waals surface area (Å²) in [4.78, 5) is 50.0. The Kier molecular flexibility index (Phi) is 5.86. The smallest absolute Gasteiger partial charge is 0.337 e. The molecule has 0 radical (unpaired) electrons. The molecule has 1 saturated heterocycles. The summed E-state index contributed by atoms with van der Waals surface area (Å²) in [6.45, 7) is 9.11. The maximum absolute atomic E-state index is 12.3. The summed E-state index contributed by atoms with van der Waals surface area (Å²) in [5.41, 5.74) is 0.197. The van der Waals surface area contributed by atoms with Gasteiger partial charge in [-0.15, -0.1) is 0 Å². The molecule has 3 rings (SSSR count). The van der Waals surface area contributed by atoms with E-state index in [4.69, 9.17) is 9.25 Å². The number of aryl methyl sites for hydroxylation is 1. The molecule has 0 saturated carbocycles. The molecular formula is C20H26N4O5. The van der Waals surface area contributed by atoms with Crippen LogP contribution in [0.4, 0.5) is 0 Å². The van der Waals surface area contributed by atoms with Gasteiger partial charge in [0.1, 0.15) is 5.39 Å². The molecule has 1 fully saturated rings. The van der Waals surface area contributed by atoms with Crippen LogP contribution in [0.3, 0.4) is 0 Å². The van der Waals surface area contributed by atoms with Gasteiger partial charge >= 0.3 is 11.6 Å². The van der Waals surface area contributed by atoms with Crippen molar-refractivity contribution in [3.63, 3.8) is 0 Å². The lowest BCUT2D eigenvalue weighted by atomic mass is 9.91. The van der Waals surface area contributed by atoms with Crippen LogP contribution in [0.5, 0.6) is 6.01 Å². The van der Waals surface area contributed by atoms with Gasteiger partial charge in [0.2, 0.25) is 11.6 Å². The Morgan fingerprint density at radius 2 is 2.00 bits per heavy atom. The number of fused-ring (bicyclic) bond motifs is 1. The minimum Gasteiger partial charge on any atom is -0.403 e. The number of carbonyl (C=O) groups excluding carboxylic acids is 1. The lowest BCUT2D eigenvalue weighted by Crippen LogP contribution is -2.40. The summed E-state index contributed by atoms with van der Waals surface area (Å²) in [6.07, 6.45) is 2.18. The first-order valence-corrected chi connectivity index (χ1v) is 9.74. The van der Waals surface area contributed by atoms with Gasteiger partial charge in [0.25, 0.3) is 5.56 Å². The van der Waals surface area contributed by atoms with Crippen molar-refractivity contribution in [1.29, 1.82) is 0 Å². The largest absolute Gasteiger partial charge is 0.403 e. The number of amides is 1. The topological polar surface area (TPSA) is 118 Å². The van der Waals surface area contributed by atoms with Crippen LogP contribution in [0.15, 0.2) is 25.2 Å². The molecule has 0 aliphatic carbocycles. The monoisotopic (exact) mass is 402 g/mol. The number of aromatic amines is 1. The summed E-state index contributed by atoms with van der Waals surface area (Å²) in [6, 6.07) is 1.15. The van der Waals surface area contributed by atoms with Crippen molar-refractivity contribution in [3.8, 4) is 6.01 Å². The van der Waals surface area contributed by atoms with E-state index in [1.807, 2.05) is 32.6 Å².